The summed E-state index contributed by atoms with van der Waals surface area (Å²) in [6.07, 6.45) is 5.43. The summed E-state index contributed by atoms with van der Waals surface area (Å²) < 4.78 is 27.0. The van der Waals surface area contributed by atoms with Crippen LogP contribution in [0.3, 0.4) is 0 Å². The summed E-state index contributed by atoms with van der Waals surface area (Å²) in [5, 5.41) is 3.15. The van der Waals surface area contributed by atoms with Crippen LogP contribution in [0.15, 0.2) is 24.3 Å². The maximum absolute atomic E-state index is 13.7. The van der Waals surface area contributed by atoms with Crippen molar-refractivity contribution in [3.05, 3.63) is 63.7 Å². The summed E-state index contributed by atoms with van der Waals surface area (Å²) in [6, 6.07) is 6.41. The lowest BCUT2D eigenvalue weighted by atomic mass is 9.77. The van der Waals surface area contributed by atoms with Crippen molar-refractivity contribution in [2.75, 3.05) is 5.32 Å². The van der Waals surface area contributed by atoms with Gasteiger partial charge in [0.15, 0.2) is 11.6 Å². The Morgan fingerprint density at radius 2 is 1.93 bits per heavy atom. The van der Waals surface area contributed by atoms with Gasteiger partial charge in [0, 0.05) is 12.1 Å². The fourth-order valence-corrected chi connectivity index (χ4v) is 4.50. The maximum atomic E-state index is 13.7. The number of hydrogen-bond donors (Lipinski definition) is 1. The highest BCUT2D eigenvalue weighted by Gasteiger charge is 2.39. The predicted octanol–water partition coefficient (Wildman–Crippen LogP) is 5.98. The zero-order chi connectivity index (χ0) is 20.1. The Kier molecular flexibility index (Phi) is 4.76. The molecule has 1 fully saturated rings. The highest BCUT2D eigenvalue weighted by atomic mass is 19.2. The van der Waals surface area contributed by atoms with Crippen LogP contribution in [0.25, 0.3) is 0 Å². The van der Waals surface area contributed by atoms with Crippen LogP contribution in [0.1, 0.15) is 66.3 Å². The van der Waals surface area contributed by atoms with Crippen molar-refractivity contribution >= 4 is 11.6 Å². The van der Waals surface area contributed by atoms with Gasteiger partial charge < -0.3 is 5.32 Å². The van der Waals surface area contributed by atoms with E-state index in [2.05, 4.69) is 25.2 Å². The number of rotatable bonds is 4. The van der Waals surface area contributed by atoms with Crippen LogP contribution in [-0.4, -0.2) is 5.91 Å². The fourth-order valence-electron chi connectivity index (χ4n) is 4.50. The zero-order valence-electron chi connectivity index (χ0n) is 16.8. The second kappa shape index (κ2) is 6.98. The molecule has 0 heterocycles. The average molecular weight is 383 g/mol. The van der Waals surface area contributed by atoms with Crippen LogP contribution in [0.2, 0.25) is 0 Å². The summed E-state index contributed by atoms with van der Waals surface area (Å²) in [5.41, 5.74) is 6.68. The lowest BCUT2D eigenvalue weighted by molar-refractivity contribution is -0.117. The molecule has 28 heavy (non-hydrogen) atoms. The highest BCUT2D eigenvalue weighted by molar-refractivity contribution is 5.93. The predicted molar refractivity (Wildman–Crippen MR) is 108 cm³/mol. The Balaban J connectivity index is 1.59. The van der Waals surface area contributed by atoms with E-state index in [-0.39, 0.29) is 17.2 Å². The molecule has 1 atom stereocenters. The molecule has 0 saturated heterocycles. The van der Waals surface area contributed by atoms with Gasteiger partial charge in [0.25, 0.3) is 0 Å². The molecule has 4 heteroatoms. The first-order valence-electron chi connectivity index (χ1n) is 10.1. The molecule has 4 rings (SSSR count). The number of fused-ring (bicyclic) bond motifs is 1. The van der Waals surface area contributed by atoms with Gasteiger partial charge >= 0.3 is 0 Å². The second-order valence-electron chi connectivity index (χ2n) is 8.98. The molecular weight excluding hydrogens is 356 g/mol. The fraction of sp³-hybridized carbons (Fsp3) is 0.458. The molecule has 148 valence electrons. The van der Waals surface area contributed by atoms with Gasteiger partial charge in [0.2, 0.25) is 5.91 Å². The van der Waals surface area contributed by atoms with Gasteiger partial charge in [-0.1, -0.05) is 19.1 Å². The number of carbonyl (C=O) groups excluding carboxylic acids is 1. The minimum atomic E-state index is -0.805. The first-order chi connectivity index (χ1) is 13.3. The minimum absolute atomic E-state index is 0.0825. The third-order valence-corrected chi connectivity index (χ3v) is 6.58. The number of carbonyl (C=O) groups is 1. The van der Waals surface area contributed by atoms with Gasteiger partial charge in [-0.2, -0.15) is 0 Å². The van der Waals surface area contributed by atoms with E-state index in [1.165, 1.54) is 23.3 Å². The van der Waals surface area contributed by atoms with Gasteiger partial charge in [0.1, 0.15) is 0 Å². The van der Waals surface area contributed by atoms with Crippen molar-refractivity contribution in [2.24, 2.45) is 5.41 Å². The Morgan fingerprint density at radius 3 is 2.61 bits per heavy atom. The molecule has 2 aliphatic rings. The van der Waals surface area contributed by atoms with E-state index >= 15 is 0 Å². The van der Waals surface area contributed by atoms with E-state index in [0.29, 0.717) is 6.42 Å². The van der Waals surface area contributed by atoms with Crippen molar-refractivity contribution < 1.29 is 13.6 Å². The standard InChI is InChI=1S/C24H27F2NO/c1-14-10-18-5-4-16(17-6-7-20(25)21(26)12-17)11-19(18)15(2)23(14)27-22(28)13-24(3)8-9-24/h6-7,10,12,16H,4-5,8-9,11,13H2,1-3H3,(H,27,28). The molecule has 1 amide bonds. The Morgan fingerprint density at radius 1 is 1.18 bits per heavy atom. The third-order valence-electron chi connectivity index (χ3n) is 6.58. The maximum Gasteiger partial charge on any atom is 0.224 e. The summed E-state index contributed by atoms with van der Waals surface area (Å²) in [7, 11) is 0. The van der Waals surface area contributed by atoms with Gasteiger partial charge in [-0.25, -0.2) is 8.78 Å². The molecule has 2 nitrogen and oxygen atoms in total. The second-order valence-corrected chi connectivity index (χ2v) is 8.98. The van der Waals surface area contributed by atoms with Crippen molar-refractivity contribution in [1.82, 2.24) is 0 Å². The van der Waals surface area contributed by atoms with E-state index < -0.39 is 11.6 Å². The first-order valence-corrected chi connectivity index (χ1v) is 10.1. The van der Waals surface area contributed by atoms with Gasteiger partial charge in [-0.05, 0) is 97.2 Å². The average Bonchev–Trinajstić information content (AvgIpc) is 3.37. The lowest BCUT2D eigenvalue weighted by Gasteiger charge is -2.29. The minimum Gasteiger partial charge on any atom is -0.326 e. The Hall–Kier alpha value is -2.23. The Labute approximate surface area is 165 Å². The molecule has 0 aromatic heterocycles. The molecule has 1 saturated carbocycles. The zero-order valence-corrected chi connectivity index (χ0v) is 16.8. The molecule has 2 aromatic carbocycles. The SMILES string of the molecule is Cc1cc2c(c(C)c1NC(=O)CC1(C)CC1)CC(c1ccc(F)c(F)c1)CC2. The van der Waals surface area contributed by atoms with Gasteiger partial charge in [-0.3, -0.25) is 4.79 Å². The smallest absolute Gasteiger partial charge is 0.224 e. The van der Waals surface area contributed by atoms with Crippen LogP contribution in [-0.2, 0) is 17.6 Å². The van der Waals surface area contributed by atoms with Crippen LogP contribution in [0, 0.1) is 30.9 Å². The molecule has 0 radical (unpaired) electrons. The lowest BCUT2D eigenvalue weighted by Crippen LogP contribution is -2.20. The molecule has 2 aliphatic carbocycles. The largest absolute Gasteiger partial charge is 0.326 e. The monoisotopic (exact) mass is 383 g/mol. The summed E-state index contributed by atoms with van der Waals surface area (Å²) in [4.78, 5) is 12.5. The van der Waals surface area contributed by atoms with E-state index in [1.54, 1.807) is 6.07 Å². The van der Waals surface area contributed by atoms with Gasteiger partial charge in [-0.15, -0.1) is 0 Å². The van der Waals surface area contributed by atoms with Gasteiger partial charge in [0.05, 0.1) is 0 Å². The molecule has 1 unspecified atom stereocenters. The third kappa shape index (κ3) is 3.69. The quantitative estimate of drug-likeness (QED) is 0.691. The number of amides is 1. The topological polar surface area (TPSA) is 29.1 Å². The normalized spacial score (nSPS) is 19.8. The number of halogens is 2. The molecule has 0 bridgehead atoms. The van der Waals surface area contributed by atoms with E-state index in [1.807, 2.05) is 6.92 Å². The molecule has 0 aliphatic heterocycles. The molecule has 2 aromatic rings. The van der Waals surface area contributed by atoms with Crippen LogP contribution in [0.5, 0.6) is 0 Å². The number of benzene rings is 2. The molecular formula is C24H27F2NO. The summed E-state index contributed by atoms with van der Waals surface area (Å²) in [6.45, 7) is 6.27. The van der Waals surface area contributed by atoms with Crippen molar-refractivity contribution in [1.29, 1.82) is 0 Å². The molecule has 1 N–H and O–H groups in total. The van der Waals surface area contributed by atoms with E-state index in [4.69, 9.17) is 0 Å². The molecule has 0 spiro atoms. The van der Waals surface area contributed by atoms with Crippen molar-refractivity contribution in [3.8, 4) is 0 Å². The Bertz CT molecular complexity index is 946. The first kappa shape index (κ1) is 19.1. The summed E-state index contributed by atoms with van der Waals surface area (Å²) in [5.74, 6) is -1.34. The number of hydrogen-bond acceptors (Lipinski definition) is 1. The van der Waals surface area contributed by atoms with Crippen molar-refractivity contribution in [3.63, 3.8) is 0 Å². The van der Waals surface area contributed by atoms with E-state index in [0.717, 1.165) is 54.5 Å². The number of nitrogens with one attached hydrogen (secondary N) is 1. The van der Waals surface area contributed by atoms with Crippen molar-refractivity contribution in [2.45, 2.75) is 65.2 Å². The van der Waals surface area contributed by atoms with Crippen LogP contribution in [0.4, 0.5) is 14.5 Å². The van der Waals surface area contributed by atoms with Crippen LogP contribution >= 0.6 is 0 Å². The number of anilines is 1. The van der Waals surface area contributed by atoms with Crippen LogP contribution < -0.4 is 5.32 Å². The van der Waals surface area contributed by atoms with E-state index in [9.17, 15) is 13.6 Å². The number of aryl methyl sites for hydroxylation is 2. The summed E-state index contributed by atoms with van der Waals surface area (Å²) >= 11 is 0. The highest BCUT2D eigenvalue weighted by Crippen LogP contribution is 2.48.